The Bertz CT molecular complexity index is 319. The van der Waals surface area contributed by atoms with Crippen molar-refractivity contribution in [1.29, 1.82) is 0 Å². The molecule has 3 nitrogen and oxygen atoms in total. The molecule has 2 unspecified atom stereocenters. The second-order valence-corrected chi connectivity index (χ2v) is 4.41. The van der Waals surface area contributed by atoms with Crippen LogP contribution in [0, 0.1) is 5.92 Å². The van der Waals surface area contributed by atoms with Crippen molar-refractivity contribution in [3.05, 3.63) is 11.6 Å². The number of carbonyl (C=O) groups excluding carboxylic acids is 2. The number of rotatable bonds is 1. The first-order chi connectivity index (χ1) is 6.59. The van der Waals surface area contributed by atoms with Crippen molar-refractivity contribution < 1.29 is 9.59 Å². The van der Waals surface area contributed by atoms with E-state index in [0.717, 1.165) is 19.3 Å². The van der Waals surface area contributed by atoms with Gasteiger partial charge >= 0.3 is 0 Å². The monoisotopic (exact) mass is 193 g/mol. The van der Waals surface area contributed by atoms with E-state index in [0.29, 0.717) is 11.5 Å². The van der Waals surface area contributed by atoms with Crippen LogP contribution in [0.4, 0.5) is 0 Å². The maximum Gasteiger partial charge on any atom is 0.256 e. The van der Waals surface area contributed by atoms with Crippen LogP contribution in [0.5, 0.6) is 0 Å². The zero-order valence-electron chi connectivity index (χ0n) is 8.62. The molecule has 2 rings (SSSR count). The first-order valence-corrected chi connectivity index (χ1v) is 5.15. The SMILES string of the molecule is CC1=CC(=O)N(C2CCC(C)C2)C1=O. The Hall–Kier alpha value is -1.12. The molecule has 76 valence electrons. The summed E-state index contributed by atoms with van der Waals surface area (Å²) in [4.78, 5) is 24.6. The van der Waals surface area contributed by atoms with Gasteiger partial charge in [0.15, 0.2) is 0 Å². The molecular weight excluding hydrogens is 178 g/mol. The lowest BCUT2D eigenvalue weighted by Gasteiger charge is -2.22. The molecule has 0 saturated heterocycles. The van der Waals surface area contributed by atoms with E-state index >= 15 is 0 Å². The smallest absolute Gasteiger partial charge is 0.256 e. The predicted molar refractivity (Wildman–Crippen MR) is 52.4 cm³/mol. The van der Waals surface area contributed by atoms with Crippen molar-refractivity contribution in [2.24, 2.45) is 5.92 Å². The van der Waals surface area contributed by atoms with Crippen molar-refractivity contribution in [3.8, 4) is 0 Å². The molecule has 0 radical (unpaired) electrons. The van der Waals surface area contributed by atoms with Gasteiger partial charge < -0.3 is 0 Å². The third-order valence-corrected chi connectivity index (χ3v) is 3.17. The molecule has 14 heavy (non-hydrogen) atoms. The highest BCUT2D eigenvalue weighted by molar-refractivity contribution is 6.16. The normalized spacial score (nSPS) is 32.7. The van der Waals surface area contributed by atoms with Gasteiger partial charge in [-0.25, -0.2) is 0 Å². The second-order valence-electron chi connectivity index (χ2n) is 4.41. The Labute approximate surface area is 83.8 Å². The molecule has 0 N–H and O–H groups in total. The third-order valence-electron chi connectivity index (χ3n) is 3.17. The summed E-state index contributed by atoms with van der Waals surface area (Å²) in [7, 11) is 0. The van der Waals surface area contributed by atoms with Gasteiger partial charge in [0, 0.05) is 17.7 Å². The molecule has 2 atom stereocenters. The number of hydrogen-bond acceptors (Lipinski definition) is 2. The molecule has 1 aliphatic heterocycles. The molecule has 1 aliphatic carbocycles. The van der Waals surface area contributed by atoms with Gasteiger partial charge in [-0.05, 0) is 32.1 Å². The van der Waals surface area contributed by atoms with E-state index in [1.807, 2.05) is 0 Å². The Morgan fingerprint density at radius 2 is 2.07 bits per heavy atom. The summed E-state index contributed by atoms with van der Waals surface area (Å²) in [6, 6.07) is 0.152. The van der Waals surface area contributed by atoms with E-state index < -0.39 is 0 Å². The third kappa shape index (κ3) is 1.37. The van der Waals surface area contributed by atoms with Crippen molar-refractivity contribution >= 4 is 11.8 Å². The fourth-order valence-corrected chi connectivity index (χ4v) is 2.36. The van der Waals surface area contributed by atoms with Crippen LogP contribution in [0.3, 0.4) is 0 Å². The van der Waals surface area contributed by atoms with Gasteiger partial charge in [-0.2, -0.15) is 0 Å². The molecule has 0 aromatic rings. The Kier molecular flexibility index (Phi) is 2.17. The summed E-state index contributed by atoms with van der Waals surface area (Å²) >= 11 is 0. The number of hydrogen-bond donors (Lipinski definition) is 0. The van der Waals surface area contributed by atoms with Gasteiger partial charge in [0.05, 0.1) is 0 Å². The first-order valence-electron chi connectivity index (χ1n) is 5.15. The molecule has 1 heterocycles. The summed E-state index contributed by atoms with van der Waals surface area (Å²) < 4.78 is 0. The topological polar surface area (TPSA) is 37.4 Å². The van der Waals surface area contributed by atoms with Crippen LogP contribution >= 0.6 is 0 Å². The van der Waals surface area contributed by atoms with Gasteiger partial charge in [0.2, 0.25) is 0 Å². The lowest BCUT2D eigenvalue weighted by Crippen LogP contribution is -2.39. The quantitative estimate of drug-likeness (QED) is 0.592. The second kappa shape index (κ2) is 3.23. The van der Waals surface area contributed by atoms with E-state index in [-0.39, 0.29) is 17.9 Å². The maximum atomic E-state index is 11.6. The van der Waals surface area contributed by atoms with E-state index in [9.17, 15) is 9.59 Å². The van der Waals surface area contributed by atoms with Crippen molar-refractivity contribution in [1.82, 2.24) is 4.90 Å². The number of imide groups is 1. The molecule has 0 spiro atoms. The number of carbonyl (C=O) groups is 2. The summed E-state index contributed by atoms with van der Waals surface area (Å²) in [6.45, 7) is 3.88. The summed E-state index contributed by atoms with van der Waals surface area (Å²) in [5, 5.41) is 0. The lowest BCUT2D eigenvalue weighted by atomic mass is 10.1. The summed E-state index contributed by atoms with van der Waals surface area (Å²) in [6.07, 6.45) is 4.52. The number of nitrogens with zero attached hydrogens (tertiary/aromatic N) is 1. The molecule has 0 bridgehead atoms. The fraction of sp³-hybridized carbons (Fsp3) is 0.636. The molecular formula is C11H15NO2. The van der Waals surface area contributed by atoms with Gasteiger partial charge in [-0.15, -0.1) is 0 Å². The Morgan fingerprint density at radius 1 is 1.36 bits per heavy atom. The largest absolute Gasteiger partial charge is 0.272 e. The van der Waals surface area contributed by atoms with Crippen LogP contribution in [0.2, 0.25) is 0 Å². The molecule has 1 saturated carbocycles. The molecule has 2 amide bonds. The zero-order valence-corrected chi connectivity index (χ0v) is 8.62. The standard InChI is InChI=1S/C11H15NO2/c1-7-3-4-9(5-7)12-10(13)6-8(2)11(12)14/h6-7,9H,3-5H2,1-2H3. The lowest BCUT2D eigenvalue weighted by molar-refractivity contribution is -0.139. The Morgan fingerprint density at radius 3 is 2.50 bits per heavy atom. The molecule has 0 aromatic heterocycles. The molecule has 2 aliphatic rings. The van der Waals surface area contributed by atoms with Crippen LogP contribution in [-0.4, -0.2) is 22.8 Å². The average Bonchev–Trinajstić information content (AvgIpc) is 2.60. The van der Waals surface area contributed by atoms with Gasteiger partial charge in [0.1, 0.15) is 0 Å². The summed E-state index contributed by atoms with van der Waals surface area (Å²) in [5.74, 6) is 0.433. The van der Waals surface area contributed by atoms with Gasteiger partial charge in [0.25, 0.3) is 11.8 Å². The van der Waals surface area contributed by atoms with Crippen molar-refractivity contribution in [2.75, 3.05) is 0 Å². The predicted octanol–water partition coefficient (Wildman–Crippen LogP) is 1.49. The molecule has 1 fully saturated rings. The van der Waals surface area contributed by atoms with E-state index in [1.165, 1.54) is 11.0 Å². The minimum absolute atomic E-state index is 0.0888. The highest BCUT2D eigenvalue weighted by Crippen LogP contribution is 2.31. The Balaban J connectivity index is 2.13. The van der Waals surface area contributed by atoms with E-state index in [1.54, 1.807) is 6.92 Å². The van der Waals surface area contributed by atoms with Crippen LogP contribution < -0.4 is 0 Å². The van der Waals surface area contributed by atoms with Crippen LogP contribution in [0.25, 0.3) is 0 Å². The average molecular weight is 193 g/mol. The minimum Gasteiger partial charge on any atom is -0.272 e. The maximum absolute atomic E-state index is 11.6. The van der Waals surface area contributed by atoms with Crippen LogP contribution in [-0.2, 0) is 9.59 Å². The van der Waals surface area contributed by atoms with E-state index in [4.69, 9.17) is 0 Å². The van der Waals surface area contributed by atoms with E-state index in [2.05, 4.69) is 6.92 Å². The highest BCUT2D eigenvalue weighted by atomic mass is 16.2. The van der Waals surface area contributed by atoms with Crippen LogP contribution in [0.15, 0.2) is 11.6 Å². The fourth-order valence-electron chi connectivity index (χ4n) is 2.36. The minimum atomic E-state index is -0.119. The van der Waals surface area contributed by atoms with Crippen LogP contribution in [0.1, 0.15) is 33.1 Å². The zero-order chi connectivity index (χ0) is 10.3. The van der Waals surface area contributed by atoms with Gasteiger partial charge in [-0.1, -0.05) is 6.92 Å². The first kappa shape index (κ1) is 9.44. The molecule has 0 aromatic carbocycles. The molecule has 3 heteroatoms. The highest BCUT2D eigenvalue weighted by Gasteiger charge is 2.37. The van der Waals surface area contributed by atoms with Crippen molar-refractivity contribution in [3.63, 3.8) is 0 Å². The van der Waals surface area contributed by atoms with Crippen molar-refractivity contribution in [2.45, 2.75) is 39.2 Å². The number of amides is 2. The van der Waals surface area contributed by atoms with Gasteiger partial charge in [-0.3, -0.25) is 14.5 Å². The summed E-state index contributed by atoms with van der Waals surface area (Å²) in [5.41, 5.74) is 0.578.